The van der Waals surface area contributed by atoms with Crippen molar-refractivity contribution in [2.75, 3.05) is 18.0 Å². The molecule has 0 bridgehead atoms. The average Bonchev–Trinajstić information content (AvgIpc) is 3.16. The topological polar surface area (TPSA) is 82.5 Å². The second kappa shape index (κ2) is 8.51. The molecule has 2 aromatic rings. The molecule has 1 amide bonds. The number of nitrogens with zero attached hydrogens (tertiary/aromatic N) is 2. The lowest BCUT2D eigenvalue weighted by molar-refractivity contribution is -0.138. The van der Waals surface area contributed by atoms with Crippen molar-refractivity contribution in [3.8, 4) is 0 Å². The zero-order chi connectivity index (χ0) is 18.5. The van der Waals surface area contributed by atoms with E-state index in [0.29, 0.717) is 17.9 Å². The van der Waals surface area contributed by atoms with Crippen LogP contribution in [0, 0.1) is 5.92 Å². The fourth-order valence-electron chi connectivity index (χ4n) is 3.10. The number of carbonyl (C=O) groups excluding carboxylic acids is 1. The summed E-state index contributed by atoms with van der Waals surface area (Å²) >= 11 is 7.32. The Hall–Kier alpha value is -2.12. The maximum absolute atomic E-state index is 12.6. The smallest absolute Gasteiger partial charge is 0.305 e. The van der Waals surface area contributed by atoms with Crippen molar-refractivity contribution in [2.24, 2.45) is 5.92 Å². The first-order valence-electron chi connectivity index (χ1n) is 8.45. The summed E-state index contributed by atoms with van der Waals surface area (Å²) < 4.78 is 0. The molecule has 1 fully saturated rings. The number of carbonyl (C=O) groups is 2. The van der Waals surface area contributed by atoms with Gasteiger partial charge < -0.3 is 15.3 Å². The van der Waals surface area contributed by atoms with Gasteiger partial charge in [0.05, 0.1) is 17.5 Å². The predicted molar refractivity (Wildman–Crippen MR) is 102 cm³/mol. The van der Waals surface area contributed by atoms with E-state index in [2.05, 4.69) is 15.2 Å². The molecule has 3 rings (SSSR count). The molecule has 0 radical (unpaired) electrons. The highest BCUT2D eigenvalue weighted by atomic mass is 35.5. The number of nitrogens with one attached hydrogen (secondary N) is 1. The Balaban J connectivity index is 1.57. The van der Waals surface area contributed by atoms with Crippen molar-refractivity contribution in [3.63, 3.8) is 0 Å². The van der Waals surface area contributed by atoms with E-state index in [1.54, 1.807) is 12.3 Å². The standard InChI is InChI=1S/C18H20ClN3O3S/c19-13-3-4-16(20-11-13)22-7-5-12(6-8-22)18(25)21-14(10-17(23)24)15-2-1-9-26-15/h1-4,9,11-12,14H,5-8,10H2,(H,21,25)(H,23,24)/t14-/m0/s1. The average molecular weight is 394 g/mol. The SMILES string of the molecule is O=C(O)C[C@H](NC(=O)C1CCN(c2ccc(Cl)cn2)CC1)c1cccs1. The van der Waals surface area contributed by atoms with Crippen molar-refractivity contribution in [2.45, 2.75) is 25.3 Å². The van der Waals surface area contributed by atoms with Gasteiger partial charge in [0, 0.05) is 30.1 Å². The van der Waals surface area contributed by atoms with Crippen molar-refractivity contribution >= 4 is 40.6 Å². The lowest BCUT2D eigenvalue weighted by atomic mass is 9.95. The fraction of sp³-hybridized carbons (Fsp3) is 0.389. The quantitative estimate of drug-likeness (QED) is 0.786. The van der Waals surface area contributed by atoms with E-state index >= 15 is 0 Å². The summed E-state index contributed by atoms with van der Waals surface area (Å²) in [4.78, 5) is 31.1. The maximum atomic E-state index is 12.6. The van der Waals surface area contributed by atoms with Gasteiger partial charge >= 0.3 is 5.97 Å². The summed E-state index contributed by atoms with van der Waals surface area (Å²) in [5, 5.41) is 14.5. The molecule has 0 aromatic carbocycles. The van der Waals surface area contributed by atoms with Crippen LogP contribution in [0.25, 0.3) is 0 Å². The summed E-state index contributed by atoms with van der Waals surface area (Å²) in [6.45, 7) is 1.46. The van der Waals surface area contributed by atoms with Gasteiger partial charge in [-0.25, -0.2) is 4.98 Å². The Labute approximate surface area is 160 Å². The number of thiophene rings is 1. The minimum atomic E-state index is -0.924. The molecule has 1 atom stereocenters. The summed E-state index contributed by atoms with van der Waals surface area (Å²) in [6.07, 6.45) is 2.92. The Bertz CT molecular complexity index is 744. The van der Waals surface area contributed by atoms with Gasteiger partial charge in [-0.2, -0.15) is 0 Å². The molecule has 2 aromatic heterocycles. The molecule has 1 aliphatic heterocycles. The molecule has 26 heavy (non-hydrogen) atoms. The third kappa shape index (κ3) is 4.74. The van der Waals surface area contributed by atoms with Crippen LogP contribution >= 0.6 is 22.9 Å². The van der Waals surface area contributed by atoms with Gasteiger partial charge in [0.15, 0.2) is 0 Å². The summed E-state index contributed by atoms with van der Waals surface area (Å²) in [7, 11) is 0. The summed E-state index contributed by atoms with van der Waals surface area (Å²) in [5.74, 6) is -0.258. The number of hydrogen-bond donors (Lipinski definition) is 2. The zero-order valence-corrected chi connectivity index (χ0v) is 15.7. The molecule has 6 nitrogen and oxygen atoms in total. The van der Waals surface area contributed by atoms with Gasteiger partial charge in [0.25, 0.3) is 0 Å². The van der Waals surface area contributed by atoms with Crippen LogP contribution in [0.2, 0.25) is 5.02 Å². The normalized spacial score (nSPS) is 16.3. The van der Waals surface area contributed by atoms with Gasteiger partial charge in [-0.3, -0.25) is 9.59 Å². The second-order valence-corrected chi connectivity index (χ2v) is 7.69. The lowest BCUT2D eigenvalue weighted by Crippen LogP contribution is -2.42. The van der Waals surface area contributed by atoms with E-state index in [-0.39, 0.29) is 18.2 Å². The van der Waals surface area contributed by atoms with Crippen LogP contribution in [0.15, 0.2) is 35.8 Å². The first-order chi connectivity index (χ1) is 12.5. The third-order valence-electron chi connectivity index (χ3n) is 4.48. The number of hydrogen-bond acceptors (Lipinski definition) is 5. The highest BCUT2D eigenvalue weighted by Gasteiger charge is 2.28. The van der Waals surface area contributed by atoms with Gasteiger partial charge in [-0.15, -0.1) is 11.3 Å². The van der Waals surface area contributed by atoms with Crippen LogP contribution < -0.4 is 10.2 Å². The number of pyridine rings is 1. The molecular weight excluding hydrogens is 374 g/mol. The number of carboxylic acid groups (broad SMARTS) is 1. The number of amides is 1. The summed E-state index contributed by atoms with van der Waals surface area (Å²) in [6, 6.07) is 6.92. The molecule has 2 N–H and O–H groups in total. The monoisotopic (exact) mass is 393 g/mol. The van der Waals surface area contributed by atoms with E-state index in [1.165, 1.54) is 11.3 Å². The molecule has 0 saturated carbocycles. The number of aliphatic carboxylic acids is 1. The highest BCUT2D eigenvalue weighted by molar-refractivity contribution is 7.10. The molecule has 0 aliphatic carbocycles. The van der Waals surface area contributed by atoms with Crippen LogP contribution in [0.3, 0.4) is 0 Å². The van der Waals surface area contributed by atoms with Crippen LogP contribution in [0.1, 0.15) is 30.2 Å². The van der Waals surface area contributed by atoms with Gasteiger partial charge in [-0.05, 0) is 36.4 Å². The van der Waals surface area contributed by atoms with Crippen LogP contribution in [-0.2, 0) is 9.59 Å². The minimum absolute atomic E-state index is 0.0756. The molecule has 138 valence electrons. The van der Waals surface area contributed by atoms with Crippen molar-refractivity contribution in [3.05, 3.63) is 45.7 Å². The van der Waals surface area contributed by atoms with E-state index < -0.39 is 12.0 Å². The maximum Gasteiger partial charge on any atom is 0.305 e. The summed E-state index contributed by atoms with van der Waals surface area (Å²) in [5.41, 5.74) is 0. The number of halogens is 1. The van der Waals surface area contributed by atoms with Crippen LogP contribution in [0.5, 0.6) is 0 Å². The van der Waals surface area contributed by atoms with Crippen LogP contribution in [-0.4, -0.2) is 35.1 Å². The molecule has 0 unspecified atom stereocenters. The largest absolute Gasteiger partial charge is 0.481 e. The van der Waals surface area contributed by atoms with Gasteiger partial charge in [0.1, 0.15) is 5.82 Å². The Morgan fingerprint density at radius 1 is 1.35 bits per heavy atom. The second-order valence-electron chi connectivity index (χ2n) is 6.27. The minimum Gasteiger partial charge on any atom is -0.481 e. The number of piperidine rings is 1. The third-order valence-corrected chi connectivity index (χ3v) is 5.69. The van der Waals surface area contributed by atoms with Crippen molar-refractivity contribution in [1.82, 2.24) is 10.3 Å². The fourth-order valence-corrected chi connectivity index (χ4v) is 3.99. The first-order valence-corrected chi connectivity index (χ1v) is 9.71. The first kappa shape index (κ1) is 18.7. The van der Waals surface area contributed by atoms with Gasteiger partial charge in [0.2, 0.25) is 5.91 Å². The molecule has 1 aliphatic rings. The predicted octanol–water partition coefficient (Wildman–Crippen LogP) is 3.35. The zero-order valence-electron chi connectivity index (χ0n) is 14.1. The molecular formula is C18H20ClN3O3S. The Kier molecular flexibility index (Phi) is 6.11. The molecule has 1 saturated heterocycles. The number of carboxylic acids is 1. The highest BCUT2D eigenvalue weighted by Crippen LogP contribution is 2.26. The molecule has 8 heteroatoms. The van der Waals surface area contributed by atoms with Crippen molar-refractivity contribution < 1.29 is 14.7 Å². The van der Waals surface area contributed by atoms with E-state index in [9.17, 15) is 9.59 Å². The number of anilines is 1. The lowest BCUT2D eigenvalue weighted by Gasteiger charge is -2.32. The number of aromatic nitrogens is 1. The molecule has 3 heterocycles. The van der Waals surface area contributed by atoms with E-state index in [1.807, 2.05) is 23.6 Å². The van der Waals surface area contributed by atoms with Gasteiger partial charge in [-0.1, -0.05) is 17.7 Å². The number of rotatable bonds is 6. The van der Waals surface area contributed by atoms with E-state index in [4.69, 9.17) is 16.7 Å². The Morgan fingerprint density at radius 3 is 2.69 bits per heavy atom. The van der Waals surface area contributed by atoms with E-state index in [0.717, 1.165) is 23.8 Å². The Morgan fingerprint density at radius 2 is 2.12 bits per heavy atom. The van der Waals surface area contributed by atoms with Crippen molar-refractivity contribution in [1.29, 1.82) is 0 Å². The van der Waals surface area contributed by atoms with Crippen LogP contribution in [0.4, 0.5) is 5.82 Å². The molecule has 0 spiro atoms.